The fraction of sp³-hybridized carbons (Fsp3) is 0.316. The Morgan fingerprint density at radius 1 is 1.12 bits per heavy atom. The highest BCUT2D eigenvalue weighted by atomic mass is 16.5. The Morgan fingerprint density at radius 2 is 1.80 bits per heavy atom. The molecule has 0 heterocycles. The second kappa shape index (κ2) is 9.66. The van der Waals surface area contributed by atoms with Gasteiger partial charge in [0.05, 0.1) is 24.8 Å². The quantitative estimate of drug-likeness (QED) is 0.730. The Balaban J connectivity index is 2.05. The minimum Gasteiger partial charge on any atom is -0.494 e. The topological polar surface area (TPSA) is 82.8 Å². The lowest BCUT2D eigenvalue weighted by Crippen LogP contribution is -2.28. The summed E-state index contributed by atoms with van der Waals surface area (Å²) >= 11 is 0. The van der Waals surface area contributed by atoms with Crippen LogP contribution in [0, 0.1) is 0 Å². The average molecular weight is 344 g/mol. The standard InChI is InChI=1S/C19H24N2O4/c1-3-24-14-8-10-15(11-9-14)25-18-7-5-4-6-17(18)21-19(22)12-16(13-20)23-2/h4-11,16H,3,12-13,20H2,1-2H3,(H,21,22). The molecular weight excluding hydrogens is 320 g/mol. The van der Waals surface area contributed by atoms with E-state index >= 15 is 0 Å². The van der Waals surface area contributed by atoms with Gasteiger partial charge in [0.1, 0.15) is 11.5 Å². The van der Waals surface area contributed by atoms with Crippen LogP contribution in [-0.2, 0) is 9.53 Å². The van der Waals surface area contributed by atoms with Gasteiger partial charge in [-0.1, -0.05) is 12.1 Å². The molecule has 2 aromatic rings. The lowest BCUT2D eigenvalue weighted by atomic mass is 10.2. The molecule has 0 fully saturated rings. The highest BCUT2D eigenvalue weighted by Gasteiger charge is 2.13. The van der Waals surface area contributed by atoms with Crippen LogP contribution in [-0.4, -0.2) is 32.3 Å². The maximum atomic E-state index is 12.1. The van der Waals surface area contributed by atoms with Crippen molar-refractivity contribution in [2.45, 2.75) is 19.4 Å². The third kappa shape index (κ3) is 5.77. The summed E-state index contributed by atoms with van der Waals surface area (Å²) in [7, 11) is 1.54. The van der Waals surface area contributed by atoms with Gasteiger partial charge in [0.2, 0.25) is 5.91 Å². The van der Waals surface area contributed by atoms with Gasteiger partial charge in [0.25, 0.3) is 0 Å². The number of ether oxygens (including phenoxy) is 3. The summed E-state index contributed by atoms with van der Waals surface area (Å²) < 4.78 is 16.4. The fourth-order valence-electron chi connectivity index (χ4n) is 2.23. The van der Waals surface area contributed by atoms with Crippen LogP contribution in [0.4, 0.5) is 5.69 Å². The predicted octanol–water partition coefficient (Wildman–Crippen LogP) is 3.18. The van der Waals surface area contributed by atoms with Crippen LogP contribution in [0.3, 0.4) is 0 Å². The molecule has 1 amide bonds. The predicted molar refractivity (Wildman–Crippen MR) is 97.2 cm³/mol. The van der Waals surface area contributed by atoms with Gasteiger partial charge in [-0.25, -0.2) is 0 Å². The van der Waals surface area contributed by atoms with Crippen LogP contribution in [0.2, 0.25) is 0 Å². The van der Waals surface area contributed by atoms with Gasteiger partial charge in [0, 0.05) is 13.7 Å². The van der Waals surface area contributed by atoms with Crippen LogP contribution in [0.1, 0.15) is 13.3 Å². The van der Waals surface area contributed by atoms with Crippen LogP contribution >= 0.6 is 0 Å². The van der Waals surface area contributed by atoms with E-state index in [1.165, 1.54) is 7.11 Å². The van der Waals surface area contributed by atoms with Crippen molar-refractivity contribution in [3.63, 3.8) is 0 Å². The van der Waals surface area contributed by atoms with Crippen molar-refractivity contribution >= 4 is 11.6 Å². The number of nitrogens with one attached hydrogen (secondary N) is 1. The summed E-state index contributed by atoms with van der Waals surface area (Å²) in [6, 6.07) is 14.6. The van der Waals surface area contributed by atoms with E-state index in [4.69, 9.17) is 19.9 Å². The second-order valence-corrected chi connectivity index (χ2v) is 5.35. The van der Waals surface area contributed by atoms with E-state index in [2.05, 4.69) is 5.32 Å². The number of carbonyl (C=O) groups excluding carboxylic acids is 1. The molecule has 25 heavy (non-hydrogen) atoms. The molecule has 6 heteroatoms. The minimum absolute atomic E-state index is 0.181. The molecule has 1 atom stereocenters. The first-order valence-electron chi connectivity index (χ1n) is 8.18. The summed E-state index contributed by atoms with van der Waals surface area (Å²) in [4.78, 5) is 12.1. The summed E-state index contributed by atoms with van der Waals surface area (Å²) in [5.41, 5.74) is 6.14. The van der Waals surface area contributed by atoms with Crippen molar-refractivity contribution < 1.29 is 19.0 Å². The number of hydrogen-bond donors (Lipinski definition) is 2. The van der Waals surface area contributed by atoms with Crippen LogP contribution in [0.15, 0.2) is 48.5 Å². The van der Waals surface area contributed by atoms with E-state index in [1.54, 1.807) is 12.1 Å². The van der Waals surface area contributed by atoms with Gasteiger partial charge in [-0.15, -0.1) is 0 Å². The molecule has 1 unspecified atom stereocenters. The lowest BCUT2D eigenvalue weighted by molar-refractivity contribution is -0.118. The third-order valence-corrected chi connectivity index (χ3v) is 3.53. The molecule has 0 radical (unpaired) electrons. The normalized spacial score (nSPS) is 11.6. The van der Waals surface area contributed by atoms with Gasteiger partial charge in [0.15, 0.2) is 5.75 Å². The van der Waals surface area contributed by atoms with Crippen LogP contribution < -0.4 is 20.5 Å². The first-order chi connectivity index (χ1) is 12.2. The second-order valence-electron chi connectivity index (χ2n) is 5.35. The molecule has 0 aromatic heterocycles. The Hall–Kier alpha value is -2.57. The number of anilines is 1. The van der Waals surface area contributed by atoms with Crippen molar-refractivity contribution in [3.05, 3.63) is 48.5 Å². The number of nitrogens with two attached hydrogens (primary N) is 1. The summed E-state index contributed by atoms with van der Waals surface area (Å²) in [5.74, 6) is 1.81. The van der Waals surface area contributed by atoms with Gasteiger partial charge >= 0.3 is 0 Å². The minimum atomic E-state index is -0.306. The number of hydrogen-bond acceptors (Lipinski definition) is 5. The molecule has 6 nitrogen and oxygen atoms in total. The fourth-order valence-corrected chi connectivity index (χ4v) is 2.23. The SMILES string of the molecule is CCOc1ccc(Oc2ccccc2NC(=O)CC(CN)OC)cc1. The summed E-state index contributed by atoms with van der Waals surface area (Å²) in [5, 5.41) is 2.84. The van der Waals surface area contributed by atoms with Crippen molar-refractivity contribution in [1.29, 1.82) is 0 Å². The zero-order chi connectivity index (χ0) is 18.1. The summed E-state index contributed by atoms with van der Waals surface area (Å²) in [6.07, 6.45) is -0.121. The Labute approximate surface area is 147 Å². The number of rotatable bonds is 9. The molecule has 0 saturated heterocycles. The largest absolute Gasteiger partial charge is 0.494 e. The van der Waals surface area contributed by atoms with E-state index in [0.29, 0.717) is 23.8 Å². The molecule has 2 aromatic carbocycles. The molecule has 2 rings (SSSR count). The molecule has 0 saturated carbocycles. The molecule has 3 N–H and O–H groups in total. The highest BCUT2D eigenvalue weighted by Crippen LogP contribution is 2.30. The van der Waals surface area contributed by atoms with Gasteiger partial charge in [-0.3, -0.25) is 4.79 Å². The number of amides is 1. The van der Waals surface area contributed by atoms with Crippen molar-refractivity contribution in [2.75, 3.05) is 25.6 Å². The van der Waals surface area contributed by atoms with Crippen molar-refractivity contribution in [1.82, 2.24) is 0 Å². The van der Waals surface area contributed by atoms with E-state index in [-0.39, 0.29) is 25.0 Å². The summed E-state index contributed by atoms with van der Waals surface area (Å²) in [6.45, 7) is 2.83. The number of methoxy groups -OCH3 is 1. The highest BCUT2D eigenvalue weighted by molar-refractivity contribution is 5.92. The van der Waals surface area contributed by atoms with Gasteiger partial charge < -0.3 is 25.3 Å². The van der Waals surface area contributed by atoms with Gasteiger partial charge in [-0.2, -0.15) is 0 Å². The number of benzene rings is 2. The van der Waals surface area contributed by atoms with Crippen molar-refractivity contribution in [3.8, 4) is 17.2 Å². The molecule has 0 spiro atoms. The van der Waals surface area contributed by atoms with E-state index in [9.17, 15) is 4.79 Å². The maximum absolute atomic E-state index is 12.1. The molecule has 0 aliphatic rings. The zero-order valence-electron chi connectivity index (χ0n) is 14.5. The van der Waals surface area contributed by atoms with Crippen LogP contribution in [0.25, 0.3) is 0 Å². The van der Waals surface area contributed by atoms with E-state index in [1.807, 2.05) is 43.3 Å². The smallest absolute Gasteiger partial charge is 0.227 e. The Kier molecular flexibility index (Phi) is 7.25. The molecule has 134 valence electrons. The monoisotopic (exact) mass is 344 g/mol. The number of para-hydroxylation sites is 2. The average Bonchev–Trinajstić information content (AvgIpc) is 2.63. The lowest BCUT2D eigenvalue weighted by Gasteiger charge is -2.15. The van der Waals surface area contributed by atoms with E-state index < -0.39 is 0 Å². The van der Waals surface area contributed by atoms with Crippen molar-refractivity contribution in [2.24, 2.45) is 5.73 Å². The zero-order valence-corrected chi connectivity index (χ0v) is 14.5. The van der Waals surface area contributed by atoms with Gasteiger partial charge in [-0.05, 0) is 43.3 Å². The Bertz CT molecular complexity index is 669. The Morgan fingerprint density at radius 3 is 2.44 bits per heavy atom. The third-order valence-electron chi connectivity index (χ3n) is 3.53. The molecule has 0 bridgehead atoms. The molecule has 0 aliphatic carbocycles. The number of carbonyl (C=O) groups is 1. The van der Waals surface area contributed by atoms with E-state index in [0.717, 1.165) is 5.75 Å². The first-order valence-corrected chi connectivity index (χ1v) is 8.18. The maximum Gasteiger partial charge on any atom is 0.227 e. The molecular formula is C19H24N2O4. The van der Waals surface area contributed by atoms with Crippen LogP contribution in [0.5, 0.6) is 17.2 Å². The molecule has 0 aliphatic heterocycles. The first kappa shape index (κ1) is 18.8.